The van der Waals surface area contributed by atoms with Gasteiger partial charge < -0.3 is 10.4 Å². The van der Waals surface area contributed by atoms with Crippen molar-refractivity contribution in [2.75, 3.05) is 6.61 Å². The molecule has 0 aliphatic rings. The topological polar surface area (TPSA) is 32.3 Å². The van der Waals surface area contributed by atoms with Crippen molar-refractivity contribution < 1.29 is 18.3 Å². The Kier molecular flexibility index (Phi) is 5.38. The van der Waals surface area contributed by atoms with Crippen molar-refractivity contribution in [2.45, 2.75) is 39.0 Å². The van der Waals surface area contributed by atoms with Crippen molar-refractivity contribution >= 4 is 0 Å². The predicted molar refractivity (Wildman–Crippen MR) is 68.7 cm³/mol. The molecule has 0 amide bonds. The minimum atomic E-state index is -4.30. The van der Waals surface area contributed by atoms with Crippen LogP contribution in [-0.4, -0.2) is 17.8 Å². The maximum atomic E-state index is 12.4. The lowest BCUT2D eigenvalue weighted by Gasteiger charge is -2.25. The Morgan fingerprint density at radius 3 is 2.00 bits per heavy atom. The number of rotatable bonds is 5. The summed E-state index contributed by atoms with van der Waals surface area (Å²) in [6, 6.07) is 4.91. The SMILES string of the molecule is CC(NC(CO)C(C)C)c1ccc(C(F)(F)F)cc1. The first-order valence-corrected chi connectivity index (χ1v) is 6.29. The molecule has 0 heterocycles. The number of alkyl halides is 3. The molecule has 0 spiro atoms. The lowest BCUT2D eigenvalue weighted by atomic mass is 10.0. The van der Waals surface area contributed by atoms with Gasteiger partial charge in [0.15, 0.2) is 0 Å². The monoisotopic (exact) mass is 275 g/mol. The summed E-state index contributed by atoms with van der Waals surface area (Å²) in [5.41, 5.74) is 0.123. The van der Waals surface area contributed by atoms with Gasteiger partial charge in [-0.1, -0.05) is 26.0 Å². The second-order valence-corrected chi connectivity index (χ2v) is 5.04. The van der Waals surface area contributed by atoms with Gasteiger partial charge in [0.2, 0.25) is 0 Å². The second-order valence-electron chi connectivity index (χ2n) is 5.04. The van der Waals surface area contributed by atoms with Crippen LogP contribution in [0.2, 0.25) is 0 Å². The van der Waals surface area contributed by atoms with Crippen LogP contribution in [0.1, 0.15) is 37.9 Å². The summed E-state index contributed by atoms with van der Waals surface area (Å²) in [6.07, 6.45) is -4.30. The van der Waals surface area contributed by atoms with E-state index in [1.54, 1.807) is 0 Å². The molecular weight excluding hydrogens is 255 g/mol. The molecule has 1 rings (SSSR count). The third-order valence-corrected chi connectivity index (χ3v) is 3.20. The summed E-state index contributed by atoms with van der Waals surface area (Å²) in [7, 11) is 0. The summed E-state index contributed by atoms with van der Waals surface area (Å²) in [5.74, 6) is 0.252. The summed E-state index contributed by atoms with van der Waals surface area (Å²) >= 11 is 0. The van der Waals surface area contributed by atoms with Crippen molar-refractivity contribution in [1.29, 1.82) is 0 Å². The molecule has 0 saturated heterocycles. The Morgan fingerprint density at radius 1 is 1.11 bits per heavy atom. The van der Waals surface area contributed by atoms with Crippen LogP contribution in [0.15, 0.2) is 24.3 Å². The lowest BCUT2D eigenvalue weighted by Crippen LogP contribution is -2.38. The third-order valence-electron chi connectivity index (χ3n) is 3.20. The molecule has 0 aliphatic heterocycles. The van der Waals surface area contributed by atoms with E-state index in [1.165, 1.54) is 12.1 Å². The summed E-state index contributed by atoms with van der Waals surface area (Å²) in [4.78, 5) is 0. The summed E-state index contributed by atoms with van der Waals surface area (Å²) in [6.45, 7) is 5.83. The average Bonchev–Trinajstić information content (AvgIpc) is 2.34. The van der Waals surface area contributed by atoms with E-state index in [-0.39, 0.29) is 24.6 Å². The maximum absolute atomic E-state index is 12.4. The number of aliphatic hydroxyl groups excluding tert-OH is 1. The van der Waals surface area contributed by atoms with Gasteiger partial charge in [0.25, 0.3) is 0 Å². The normalized spacial score (nSPS) is 15.6. The highest BCUT2D eigenvalue weighted by Crippen LogP contribution is 2.30. The van der Waals surface area contributed by atoms with E-state index in [4.69, 9.17) is 0 Å². The van der Waals surface area contributed by atoms with Gasteiger partial charge in [-0.15, -0.1) is 0 Å². The first kappa shape index (κ1) is 16.0. The van der Waals surface area contributed by atoms with Crippen molar-refractivity contribution in [2.24, 2.45) is 5.92 Å². The van der Waals surface area contributed by atoms with Gasteiger partial charge >= 0.3 is 6.18 Å². The van der Waals surface area contributed by atoms with Gasteiger partial charge in [0.05, 0.1) is 12.2 Å². The number of halogens is 3. The van der Waals surface area contributed by atoms with Gasteiger partial charge in [-0.25, -0.2) is 0 Å². The largest absolute Gasteiger partial charge is 0.416 e. The molecule has 0 aromatic heterocycles. The molecule has 2 nitrogen and oxygen atoms in total. The number of hydrogen-bond donors (Lipinski definition) is 2. The van der Waals surface area contributed by atoms with Crippen LogP contribution in [0.5, 0.6) is 0 Å². The summed E-state index contributed by atoms with van der Waals surface area (Å²) in [5, 5.41) is 12.4. The van der Waals surface area contributed by atoms with Crippen LogP contribution in [0, 0.1) is 5.92 Å². The first-order valence-electron chi connectivity index (χ1n) is 6.29. The molecule has 0 saturated carbocycles. The molecule has 2 atom stereocenters. The van der Waals surface area contributed by atoms with Crippen molar-refractivity contribution in [1.82, 2.24) is 5.32 Å². The number of nitrogens with one attached hydrogen (secondary N) is 1. The molecule has 1 aromatic rings. The lowest BCUT2D eigenvalue weighted by molar-refractivity contribution is -0.137. The molecule has 0 radical (unpaired) electrons. The highest BCUT2D eigenvalue weighted by Gasteiger charge is 2.30. The van der Waals surface area contributed by atoms with Gasteiger partial charge in [-0.3, -0.25) is 0 Å². The zero-order chi connectivity index (χ0) is 14.6. The molecule has 1 aromatic carbocycles. The second kappa shape index (κ2) is 6.39. The first-order chi connectivity index (χ1) is 8.75. The number of aliphatic hydroxyl groups is 1. The van der Waals surface area contributed by atoms with Crippen molar-refractivity contribution in [3.8, 4) is 0 Å². The minimum absolute atomic E-state index is 0.00262. The molecule has 19 heavy (non-hydrogen) atoms. The minimum Gasteiger partial charge on any atom is -0.395 e. The van der Waals surface area contributed by atoms with Gasteiger partial charge in [0.1, 0.15) is 0 Å². The molecule has 2 N–H and O–H groups in total. The molecule has 5 heteroatoms. The van der Waals surface area contributed by atoms with Crippen LogP contribution in [0.25, 0.3) is 0 Å². The van der Waals surface area contributed by atoms with E-state index in [0.29, 0.717) is 0 Å². The zero-order valence-corrected chi connectivity index (χ0v) is 11.3. The van der Waals surface area contributed by atoms with Crippen LogP contribution >= 0.6 is 0 Å². The van der Waals surface area contributed by atoms with Crippen molar-refractivity contribution in [3.05, 3.63) is 35.4 Å². The fourth-order valence-corrected chi connectivity index (χ4v) is 1.83. The Morgan fingerprint density at radius 2 is 1.63 bits per heavy atom. The quantitative estimate of drug-likeness (QED) is 0.863. The third kappa shape index (κ3) is 4.51. The van der Waals surface area contributed by atoms with Crippen LogP contribution in [0.4, 0.5) is 13.2 Å². The summed E-state index contributed by atoms with van der Waals surface area (Å²) < 4.78 is 37.3. The van der Waals surface area contributed by atoms with E-state index in [1.807, 2.05) is 20.8 Å². The van der Waals surface area contributed by atoms with Gasteiger partial charge in [0, 0.05) is 12.1 Å². The Labute approximate surface area is 111 Å². The Balaban J connectivity index is 2.75. The molecular formula is C14H20F3NO. The van der Waals surface area contributed by atoms with E-state index in [2.05, 4.69) is 5.32 Å². The number of hydrogen-bond acceptors (Lipinski definition) is 2. The zero-order valence-electron chi connectivity index (χ0n) is 11.3. The fourth-order valence-electron chi connectivity index (χ4n) is 1.83. The van der Waals surface area contributed by atoms with E-state index < -0.39 is 11.7 Å². The van der Waals surface area contributed by atoms with Crippen LogP contribution in [0.3, 0.4) is 0 Å². The van der Waals surface area contributed by atoms with Gasteiger partial charge in [-0.2, -0.15) is 13.2 Å². The Hall–Kier alpha value is -1.07. The molecule has 0 aliphatic carbocycles. The fraction of sp³-hybridized carbons (Fsp3) is 0.571. The highest BCUT2D eigenvalue weighted by molar-refractivity contribution is 5.26. The molecule has 2 unspecified atom stereocenters. The maximum Gasteiger partial charge on any atom is 0.416 e. The molecule has 0 fully saturated rings. The van der Waals surface area contributed by atoms with E-state index >= 15 is 0 Å². The predicted octanol–water partition coefficient (Wildman–Crippen LogP) is 3.37. The smallest absolute Gasteiger partial charge is 0.395 e. The van der Waals surface area contributed by atoms with Crippen molar-refractivity contribution in [3.63, 3.8) is 0 Å². The van der Waals surface area contributed by atoms with Gasteiger partial charge in [-0.05, 0) is 30.5 Å². The Bertz CT molecular complexity index is 387. The highest BCUT2D eigenvalue weighted by atomic mass is 19.4. The standard InChI is InChI=1S/C14H20F3NO/c1-9(2)13(8-19)18-10(3)11-4-6-12(7-5-11)14(15,16)17/h4-7,9-10,13,18-19H,8H2,1-3H3. The molecule has 0 bridgehead atoms. The van der Waals surface area contributed by atoms with E-state index in [9.17, 15) is 18.3 Å². The van der Waals surface area contributed by atoms with E-state index in [0.717, 1.165) is 17.7 Å². The average molecular weight is 275 g/mol. The number of benzene rings is 1. The van der Waals surface area contributed by atoms with Crippen LogP contribution < -0.4 is 5.32 Å². The van der Waals surface area contributed by atoms with Crippen LogP contribution in [-0.2, 0) is 6.18 Å². The molecule has 108 valence electrons.